The second-order valence-corrected chi connectivity index (χ2v) is 7.06. The molecule has 24 heavy (non-hydrogen) atoms. The van der Waals surface area contributed by atoms with E-state index >= 15 is 0 Å². The van der Waals surface area contributed by atoms with Crippen LogP contribution in [0, 0.1) is 0 Å². The van der Waals surface area contributed by atoms with Crippen LogP contribution in [0.1, 0.15) is 25.8 Å². The SMILES string of the molecule is CCCN(CC(=O)O)C(=O)C(C)N=C1NS(=O)(=O)c2ccccc21. The van der Waals surface area contributed by atoms with Crippen LogP contribution in [0.3, 0.4) is 0 Å². The molecule has 0 bridgehead atoms. The minimum Gasteiger partial charge on any atom is -0.480 e. The summed E-state index contributed by atoms with van der Waals surface area (Å²) in [5.74, 6) is -1.47. The Labute approximate surface area is 140 Å². The summed E-state index contributed by atoms with van der Waals surface area (Å²) in [4.78, 5) is 28.8. The van der Waals surface area contributed by atoms with Crippen molar-refractivity contribution in [2.75, 3.05) is 13.1 Å². The molecule has 1 amide bonds. The van der Waals surface area contributed by atoms with Gasteiger partial charge in [-0.05, 0) is 25.5 Å². The molecule has 1 heterocycles. The number of amides is 1. The van der Waals surface area contributed by atoms with Gasteiger partial charge in [0.05, 0.1) is 4.90 Å². The van der Waals surface area contributed by atoms with Gasteiger partial charge in [0.15, 0.2) is 0 Å². The van der Waals surface area contributed by atoms with Gasteiger partial charge >= 0.3 is 5.97 Å². The summed E-state index contributed by atoms with van der Waals surface area (Å²) in [7, 11) is -3.68. The minimum atomic E-state index is -3.68. The summed E-state index contributed by atoms with van der Waals surface area (Å²) in [6, 6.07) is 5.44. The first-order chi connectivity index (χ1) is 11.3. The molecule has 0 spiro atoms. The fourth-order valence-electron chi connectivity index (χ4n) is 2.44. The lowest BCUT2D eigenvalue weighted by Crippen LogP contribution is -2.41. The van der Waals surface area contributed by atoms with E-state index in [0.29, 0.717) is 18.5 Å². The summed E-state index contributed by atoms with van der Waals surface area (Å²) in [5.41, 5.74) is 0.400. The summed E-state index contributed by atoms with van der Waals surface area (Å²) in [5, 5.41) is 8.90. The first-order valence-corrected chi connectivity index (χ1v) is 8.95. The van der Waals surface area contributed by atoms with Crippen LogP contribution in [0.2, 0.25) is 0 Å². The molecule has 0 saturated carbocycles. The van der Waals surface area contributed by atoms with Crippen molar-refractivity contribution in [3.05, 3.63) is 29.8 Å². The predicted molar refractivity (Wildman–Crippen MR) is 87.3 cm³/mol. The van der Waals surface area contributed by atoms with Gasteiger partial charge in [-0.3, -0.25) is 19.3 Å². The van der Waals surface area contributed by atoms with E-state index in [9.17, 15) is 18.0 Å². The maximum atomic E-state index is 12.4. The number of nitrogens with one attached hydrogen (secondary N) is 1. The van der Waals surface area contributed by atoms with E-state index in [1.54, 1.807) is 18.2 Å². The van der Waals surface area contributed by atoms with Gasteiger partial charge in [0.2, 0.25) is 5.91 Å². The van der Waals surface area contributed by atoms with E-state index < -0.39 is 34.5 Å². The molecule has 0 aliphatic carbocycles. The number of carboxylic acids is 1. The third-order valence-corrected chi connectivity index (χ3v) is 4.87. The zero-order valence-electron chi connectivity index (χ0n) is 13.4. The minimum absolute atomic E-state index is 0.0956. The number of hydrogen-bond acceptors (Lipinski definition) is 5. The molecule has 2 rings (SSSR count). The van der Waals surface area contributed by atoms with Gasteiger partial charge in [-0.2, -0.15) is 0 Å². The summed E-state index contributed by atoms with van der Waals surface area (Å²) < 4.78 is 26.4. The van der Waals surface area contributed by atoms with Crippen LogP contribution in [0.15, 0.2) is 34.2 Å². The average Bonchev–Trinajstić information content (AvgIpc) is 2.77. The smallest absolute Gasteiger partial charge is 0.323 e. The molecule has 1 aromatic carbocycles. The van der Waals surface area contributed by atoms with E-state index in [2.05, 4.69) is 9.71 Å². The lowest BCUT2D eigenvalue weighted by Gasteiger charge is -2.22. The highest BCUT2D eigenvalue weighted by molar-refractivity contribution is 7.90. The highest BCUT2D eigenvalue weighted by Gasteiger charge is 2.31. The van der Waals surface area contributed by atoms with E-state index in [-0.39, 0.29) is 10.7 Å². The van der Waals surface area contributed by atoms with Crippen LogP contribution in [-0.4, -0.2) is 55.3 Å². The van der Waals surface area contributed by atoms with Crippen LogP contribution in [0.4, 0.5) is 0 Å². The molecule has 0 saturated heterocycles. The summed E-state index contributed by atoms with van der Waals surface area (Å²) in [6.07, 6.45) is 0.609. The Hall–Kier alpha value is -2.42. The quantitative estimate of drug-likeness (QED) is 0.770. The fourth-order valence-corrected chi connectivity index (χ4v) is 3.68. The number of fused-ring (bicyclic) bond motifs is 1. The Bertz CT molecular complexity index is 788. The van der Waals surface area contributed by atoms with Gasteiger partial charge in [-0.15, -0.1) is 0 Å². The van der Waals surface area contributed by atoms with Crippen LogP contribution >= 0.6 is 0 Å². The molecule has 1 aliphatic rings. The van der Waals surface area contributed by atoms with Crippen molar-refractivity contribution in [3.63, 3.8) is 0 Å². The molecule has 0 radical (unpaired) electrons. The predicted octanol–water partition coefficient (Wildman–Crippen LogP) is 0.437. The standard InChI is InChI=1S/C15H19N3O5S/c1-3-8-18(9-13(19)20)15(21)10(2)16-14-11-6-4-5-7-12(11)24(22,23)17-14/h4-7,10H,3,8-9H2,1-2H3,(H,16,17)(H,19,20). The van der Waals surface area contributed by atoms with E-state index in [1.807, 2.05) is 6.92 Å². The molecule has 130 valence electrons. The largest absolute Gasteiger partial charge is 0.480 e. The second-order valence-electron chi connectivity index (χ2n) is 5.41. The Morgan fingerprint density at radius 2 is 2.00 bits per heavy atom. The van der Waals surface area contributed by atoms with Crippen molar-refractivity contribution in [3.8, 4) is 0 Å². The molecule has 1 aromatic rings. The lowest BCUT2D eigenvalue weighted by molar-refractivity contribution is -0.144. The molecule has 9 heteroatoms. The molecular weight excluding hydrogens is 334 g/mol. The maximum Gasteiger partial charge on any atom is 0.323 e. The monoisotopic (exact) mass is 353 g/mol. The first-order valence-electron chi connectivity index (χ1n) is 7.47. The van der Waals surface area contributed by atoms with E-state index in [4.69, 9.17) is 5.11 Å². The van der Waals surface area contributed by atoms with Gasteiger partial charge in [0.1, 0.15) is 18.4 Å². The van der Waals surface area contributed by atoms with Crippen molar-refractivity contribution in [2.24, 2.45) is 4.99 Å². The normalized spacial score (nSPS) is 17.8. The van der Waals surface area contributed by atoms with Crippen molar-refractivity contribution in [2.45, 2.75) is 31.2 Å². The molecule has 1 aliphatic heterocycles. The van der Waals surface area contributed by atoms with Crippen molar-refractivity contribution < 1.29 is 23.1 Å². The van der Waals surface area contributed by atoms with Crippen molar-refractivity contribution in [1.29, 1.82) is 0 Å². The fraction of sp³-hybridized carbons (Fsp3) is 0.400. The number of aliphatic carboxylic acids is 1. The van der Waals surface area contributed by atoms with Gasteiger partial charge in [0, 0.05) is 12.1 Å². The van der Waals surface area contributed by atoms with Crippen LogP contribution in [0.5, 0.6) is 0 Å². The topological polar surface area (TPSA) is 116 Å². The second kappa shape index (κ2) is 7.00. The number of carbonyl (C=O) groups is 2. The average molecular weight is 353 g/mol. The van der Waals surface area contributed by atoms with Gasteiger partial charge in [-0.25, -0.2) is 8.42 Å². The number of rotatable bonds is 6. The van der Waals surface area contributed by atoms with Gasteiger partial charge < -0.3 is 10.0 Å². The number of carboxylic acid groups (broad SMARTS) is 1. The molecule has 1 atom stereocenters. The first kappa shape index (κ1) is 17.9. The number of sulfonamides is 1. The number of benzene rings is 1. The van der Waals surface area contributed by atoms with E-state index in [0.717, 1.165) is 0 Å². The van der Waals surface area contributed by atoms with Gasteiger partial charge in [-0.1, -0.05) is 19.1 Å². The van der Waals surface area contributed by atoms with Gasteiger partial charge in [0.25, 0.3) is 10.0 Å². The Morgan fingerprint density at radius 3 is 2.62 bits per heavy atom. The molecule has 0 fully saturated rings. The Balaban J connectivity index is 2.28. The highest BCUT2D eigenvalue weighted by Crippen LogP contribution is 2.22. The third-order valence-electron chi connectivity index (χ3n) is 3.47. The van der Waals surface area contributed by atoms with Crippen LogP contribution in [-0.2, 0) is 19.6 Å². The molecule has 0 aromatic heterocycles. The highest BCUT2D eigenvalue weighted by atomic mass is 32.2. The van der Waals surface area contributed by atoms with E-state index in [1.165, 1.54) is 17.9 Å². The zero-order valence-corrected chi connectivity index (χ0v) is 14.2. The Kier molecular flexibility index (Phi) is 5.23. The Morgan fingerprint density at radius 1 is 1.33 bits per heavy atom. The molecule has 1 unspecified atom stereocenters. The molecule has 8 nitrogen and oxygen atoms in total. The lowest BCUT2D eigenvalue weighted by atomic mass is 10.2. The molecular formula is C15H19N3O5S. The number of aliphatic imine (C=N–C) groups is 1. The number of hydrogen-bond donors (Lipinski definition) is 2. The zero-order chi connectivity index (χ0) is 17.9. The number of carbonyl (C=O) groups excluding carboxylic acids is 1. The molecule has 2 N–H and O–H groups in total. The number of amidine groups is 1. The van der Waals surface area contributed by atoms with Crippen LogP contribution in [0.25, 0.3) is 0 Å². The number of nitrogens with zero attached hydrogens (tertiary/aromatic N) is 2. The summed E-state index contributed by atoms with van der Waals surface area (Å²) >= 11 is 0. The maximum absolute atomic E-state index is 12.4. The van der Waals surface area contributed by atoms with Crippen LogP contribution < -0.4 is 4.72 Å². The van der Waals surface area contributed by atoms with Crippen molar-refractivity contribution in [1.82, 2.24) is 9.62 Å². The third kappa shape index (κ3) is 3.73. The summed E-state index contributed by atoms with van der Waals surface area (Å²) in [6.45, 7) is 3.22. The van der Waals surface area contributed by atoms with Crippen molar-refractivity contribution >= 4 is 27.7 Å².